The van der Waals surface area contributed by atoms with Crippen LogP contribution in [-0.4, -0.2) is 48.5 Å². The van der Waals surface area contributed by atoms with Crippen LogP contribution in [0.25, 0.3) is 11.0 Å². The normalized spacial score (nSPS) is 24.4. The fourth-order valence-electron chi connectivity index (χ4n) is 4.66. The van der Waals surface area contributed by atoms with Crippen LogP contribution in [0, 0.1) is 11.8 Å². The molecule has 2 N–H and O–H groups in total. The van der Waals surface area contributed by atoms with Gasteiger partial charge in [0.05, 0.1) is 6.26 Å². The van der Waals surface area contributed by atoms with E-state index in [-0.39, 0.29) is 5.91 Å². The van der Waals surface area contributed by atoms with Gasteiger partial charge in [-0.25, -0.2) is 4.98 Å². The number of piperazine rings is 1. The van der Waals surface area contributed by atoms with Crippen LogP contribution >= 0.6 is 0 Å². The lowest BCUT2D eigenvalue weighted by Crippen LogP contribution is -2.47. The van der Waals surface area contributed by atoms with Gasteiger partial charge in [0.15, 0.2) is 11.4 Å². The number of amides is 1. The van der Waals surface area contributed by atoms with Gasteiger partial charge in [-0.3, -0.25) is 9.69 Å². The second kappa shape index (κ2) is 8.30. The summed E-state index contributed by atoms with van der Waals surface area (Å²) in [5.41, 5.74) is 6.23. The number of furan rings is 1. The summed E-state index contributed by atoms with van der Waals surface area (Å²) in [4.78, 5) is 20.5. The van der Waals surface area contributed by atoms with Gasteiger partial charge in [-0.05, 0) is 49.8 Å². The monoisotopic (exact) mass is 370 g/mol. The van der Waals surface area contributed by atoms with Crippen LogP contribution in [0.3, 0.4) is 0 Å². The smallest absolute Gasteiger partial charge is 0.217 e. The number of nitrogens with two attached hydrogens (primary N) is 1. The number of rotatable bonds is 6. The summed E-state index contributed by atoms with van der Waals surface area (Å²) >= 11 is 0. The SMILES string of the molecule is NC(=O)CC1CCC(CCN2CCN(c3nccc4ccoc34)CC2)CC1. The van der Waals surface area contributed by atoms with Crippen LogP contribution < -0.4 is 10.6 Å². The van der Waals surface area contributed by atoms with Crippen LogP contribution in [0.5, 0.6) is 0 Å². The molecule has 146 valence electrons. The van der Waals surface area contributed by atoms with Gasteiger partial charge < -0.3 is 15.1 Å². The second-order valence-electron chi connectivity index (χ2n) is 8.15. The molecule has 1 saturated heterocycles. The van der Waals surface area contributed by atoms with E-state index in [2.05, 4.69) is 14.8 Å². The molecule has 3 heterocycles. The van der Waals surface area contributed by atoms with Crippen molar-refractivity contribution >= 4 is 22.7 Å². The van der Waals surface area contributed by atoms with Crippen LogP contribution in [-0.2, 0) is 4.79 Å². The molecule has 0 atom stereocenters. The molecule has 0 unspecified atom stereocenters. The highest BCUT2D eigenvalue weighted by Gasteiger charge is 2.24. The first kappa shape index (κ1) is 18.3. The number of hydrogen-bond donors (Lipinski definition) is 1. The minimum Gasteiger partial charge on any atom is -0.460 e. The van der Waals surface area contributed by atoms with E-state index in [9.17, 15) is 4.79 Å². The first-order chi connectivity index (χ1) is 13.2. The number of aromatic nitrogens is 1. The van der Waals surface area contributed by atoms with E-state index in [1.807, 2.05) is 18.3 Å². The van der Waals surface area contributed by atoms with Gasteiger partial charge in [-0.2, -0.15) is 0 Å². The summed E-state index contributed by atoms with van der Waals surface area (Å²) in [7, 11) is 0. The van der Waals surface area contributed by atoms with Crippen LogP contribution in [0.15, 0.2) is 29.0 Å². The van der Waals surface area contributed by atoms with Crippen LogP contribution in [0.4, 0.5) is 5.82 Å². The average Bonchev–Trinajstić information content (AvgIpc) is 3.16. The van der Waals surface area contributed by atoms with Crippen molar-refractivity contribution in [2.24, 2.45) is 17.6 Å². The number of carbonyl (C=O) groups excluding carboxylic acids is 1. The van der Waals surface area contributed by atoms with Crippen molar-refractivity contribution in [2.45, 2.75) is 38.5 Å². The number of fused-ring (bicyclic) bond motifs is 1. The molecule has 0 bridgehead atoms. The maximum Gasteiger partial charge on any atom is 0.217 e. The molecule has 2 aromatic heterocycles. The summed E-state index contributed by atoms with van der Waals surface area (Å²) in [6.07, 6.45) is 10.3. The summed E-state index contributed by atoms with van der Waals surface area (Å²) in [5, 5.41) is 1.12. The number of carbonyl (C=O) groups is 1. The number of anilines is 1. The molecular weight excluding hydrogens is 340 g/mol. The van der Waals surface area contributed by atoms with E-state index < -0.39 is 0 Å². The Hall–Kier alpha value is -2.08. The van der Waals surface area contributed by atoms with Gasteiger partial charge in [-0.1, -0.05) is 12.8 Å². The molecule has 2 aliphatic rings. The molecule has 1 saturated carbocycles. The standard InChI is InChI=1S/C21H30N4O2/c22-19(26)15-17-3-1-16(2-4-17)6-9-24-10-12-25(13-11-24)21-20-18(5-8-23-21)7-14-27-20/h5,7-8,14,16-17H,1-4,6,9-13,15H2,(H2,22,26). The maximum atomic E-state index is 11.1. The van der Waals surface area contributed by atoms with E-state index in [0.29, 0.717) is 12.3 Å². The molecular formula is C21H30N4O2. The van der Waals surface area contributed by atoms with E-state index in [0.717, 1.165) is 48.9 Å². The zero-order chi connectivity index (χ0) is 18.6. The molecule has 4 rings (SSSR count). The Morgan fingerprint density at radius 3 is 2.59 bits per heavy atom. The lowest BCUT2D eigenvalue weighted by atomic mass is 9.79. The molecule has 6 nitrogen and oxygen atoms in total. The molecule has 0 spiro atoms. The fourth-order valence-corrected chi connectivity index (χ4v) is 4.66. The Morgan fingerprint density at radius 1 is 1.11 bits per heavy atom. The third-order valence-electron chi connectivity index (χ3n) is 6.33. The molecule has 0 aromatic carbocycles. The number of pyridine rings is 1. The Labute approximate surface area is 160 Å². The average molecular weight is 370 g/mol. The minimum absolute atomic E-state index is 0.143. The molecule has 1 amide bonds. The Bertz CT molecular complexity index is 758. The molecule has 2 fully saturated rings. The zero-order valence-corrected chi connectivity index (χ0v) is 16.0. The predicted octanol–water partition coefficient (Wildman–Crippen LogP) is 3.02. The molecule has 27 heavy (non-hydrogen) atoms. The van der Waals surface area contributed by atoms with Crippen molar-refractivity contribution in [1.29, 1.82) is 0 Å². The van der Waals surface area contributed by atoms with Crippen molar-refractivity contribution in [3.8, 4) is 0 Å². The van der Waals surface area contributed by atoms with Crippen LogP contribution in [0.2, 0.25) is 0 Å². The molecule has 1 aliphatic heterocycles. The van der Waals surface area contributed by atoms with Gasteiger partial charge in [0.1, 0.15) is 0 Å². The Balaban J connectivity index is 1.21. The highest BCUT2D eigenvalue weighted by molar-refractivity contribution is 5.87. The van der Waals surface area contributed by atoms with Crippen molar-refractivity contribution in [2.75, 3.05) is 37.6 Å². The zero-order valence-electron chi connectivity index (χ0n) is 16.0. The summed E-state index contributed by atoms with van der Waals surface area (Å²) in [6.45, 7) is 5.33. The van der Waals surface area contributed by atoms with Crippen molar-refractivity contribution < 1.29 is 9.21 Å². The van der Waals surface area contributed by atoms with Crippen molar-refractivity contribution in [3.63, 3.8) is 0 Å². The minimum atomic E-state index is -0.143. The second-order valence-corrected chi connectivity index (χ2v) is 8.15. The Kier molecular flexibility index (Phi) is 5.62. The van der Waals surface area contributed by atoms with Gasteiger partial charge in [0.2, 0.25) is 5.91 Å². The van der Waals surface area contributed by atoms with E-state index >= 15 is 0 Å². The quantitative estimate of drug-likeness (QED) is 0.846. The summed E-state index contributed by atoms with van der Waals surface area (Å²) in [5.74, 6) is 2.17. The van der Waals surface area contributed by atoms with Gasteiger partial charge >= 0.3 is 0 Å². The summed E-state index contributed by atoms with van der Waals surface area (Å²) < 4.78 is 5.64. The van der Waals surface area contributed by atoms with Crippen LogP contribution in [0.1, 0.15) is 38.5 Å². The lowest BCUT2D eigenvalue weighted by molar-refractivity contribution is -0.119. The maximum absolute atomic E-state index is 11.1. The molecule has 2 aromatic rings. The summed E-state index contributed by atoms with van der Waals surface area (Å²) in [6, 6.07) is 3.99. The molecule has 6 heteroatoms. The van der Waals surface area contributed by atoms with Crippen molar-refractivity contribution in [3.05, 3.63) is 24.6 Å². The number of nitrogens with zero attached hydrogens (tertiary/aromatic N) is 3. The third kappa shape index (κ3) is 4.43. The van der Waals surface area contributed by atoms with E-state index in [1.54, 1.807) is 6.26 Å². The largest absolute Gasteiger partial charge is 0.460 e. The third-order valence-corrected chi connectivity index (χ3v) is 6.33. The van der Waals surface area contributed by atoms with Gasteiger partial charge in [-0.15, -0.1) is 0 Å². The van der Waals surface area contributed by atoms with Crippen molar-refractivity contribution in [1.82, 2.24) is 9.88 Å². The van der Waals surface area contributed by atoms with Gasteiger partial charge in [0.25, 0.3) is 0 Å². The molecule has 1 aliphatic carbocycles. The lowest BCUT2D eigenvalue weighted by Gasteiger charge is -2.36. The van der Waals surface area contributed by atoms with Gasteiger partial charge in [0, 0.05) is 44.2 Å². The number of primary amides is 1. The topological polar surface area (TPSA) is 75.6 Å². The Morgan fingerprint density at radius 2 is 1.85 bits per heavy atom. The highest BCUT2D eigenvalue weighted by atomic mass is 16.3. The molecule has 0 radical (unpaired) electrons. The predicted molar refractivity (Wildman–Crippen MR) is 107 cm³/mol. The fraction of sp³-hybridized carbons (Fsp3) is 0.619. The highest BCUT2D eigenvalue weighted by Crippen LogP contribution is 2.33. The number of hydrogen-bond acceptors (Lipinski definition) is 5. The van der Waals surface area contributed by atoms with E-state index in [4.69, 9.17) is 10.2 Å². The van der Waals surface area contributed by atoms with E-state index in [1.165, 1.54) is 38.6 Å². The first-order valence-corrected chi connectivity index (χ1v) is 10.3. The first-order valence-electron chi connectivity index (χ1n) is 10.3.